The summed E-state index contributed by atoms with van der Waals surface area (Å²) in [6.45, 7) is 2.01. The molecule has 1 N–H and O–H groups in total. The van der Waals surface area contributed by atoms with Crippen molar-refractivity contribution in [1.29, 1.82) is 0 Å². The van der Waals surface area contributed by atoms with E-state index in [-0.39, 0.29) is 6.42 Å². The maximum absolute atomic E-state index is 10.6. The third-order valence-electron chi connectivity index (χ3n) is 1.19. The Labute approximate surface area is 66.5 Å². The number of carbonyl (C=O) groups excluding carboxylic acids is 1. The maximum Gasteiger partial charge on any atom is 0.367 e. The fourth-order valence-electron chi connectivity index (χ4n) is 0.668. The molecule has 0 aromatic heterocycles. The van der Waals surface area contributed by atoms with Gasteiger partial charge >= 0.3 is 14.2 Å². The van der Waals surface area contributed by atoms with E-state index in [0.29, 0.717) is 0 Å². The molecule has 5 heteroatoms. The van der Waals surface area contributed by atoms with Crippen LogP contribution in [0.25, 0.3) is 0 Å². The van der Waals surface area contributed by atoms with E-state index >= 15 is 0 Å². The van der Waals surface area contributed by atoms with Crippen LogP contribution in [-0.4, -0.2) is 10.9 Å². The number of carbonyl (C=O) groups is 1. The van der Waals surface area contributed by atoms with Gasteiger partial charge in [0.25, 0.3) is 0 Å². The summed E-state index contributed by atoms with van der Waals surface area (Å²) < 4.78 is 14.0. The van der Waals surface area contributed by atoms with E-state index < -0.39 is 14.2 Å². The van der Waals surface area contributed by atoms with Crippen molar-refractivity contribution in [2.75, 3.05) is 0 Å². The third kappa shape index (κ3) is 7.56. The first-order valence-electron chi connectivity index (χ1n) is 3.60. The summed E-state index contributed by atoms with van der Waals surface area (Å²) >= 11 is 0. The van der Waals surface area contributed by atoms with Crippen molar-refractivity contribution in [3.05, 3.63) is 0 Å². The Hall–Kier alpha value is -0.340. The molecule has 0 aliphatic rings. The van der Waals surface area contributed by atoms with Crippen LogP contribution in [0.2, 0.25) is 0 Å². The molecule has 0 spiro atoms. The van der Waals surface area contributed by atoms with Crippen molar-refractivity contribution in [3.8, 4) is 0 Å². The minimum absolute atomic E-state index is 0.241. The van der Waals surface area contributed by atoms with Gasteiger partial charge in [-0.3, -0.25) is 4.79 Å². The van der Waals surface area contributed by atoms with Gasteiger partial charge in [-0.25, -0.2) is 4.57 Å². The van der Waals surface area contributed by atoms with E-state index in [0.717, 1.165) is 19.3 Å². The molecule has 0 aliphatic heterocycles. The Morgan fingerprint density at radius 1 is 1.55 bits per heavy atom. The molecular formula is C6H13O4P. The highest BCUT2D eigenvalue weighted by Gasteiger charge is 2.03. The molecule has 1 atom stereocenters. The highest BCUT2D eigenvalue weighted by Crippen LogP contribution is 2.16. The summed E-state index contributed by atoms with van der Waals surface area (Å²) in [5, 5.41) is 0. The second-order valence-corrected chi connectivity index (χ2v) is 2.93. The van der Waals surface area contributed by atoms with E-state index in [1.165, 1.54) is 0 Å². The van der Waals surface area contributed by atoms with Gasteiger partial charge in [-0.2, -0.15) is 0 Å². The van der Waals surface area contributed by atoms with Gasteiger partial charge < -0.3 is 9.42 Å². The van der Waals surface area contributed by atoms with Gasteiger partial charge in [0.2, 0.25) is 0 Å². The lowest BCUT2D eigenvalue weighted by Gasteiger charge is -1.98. The molecule has 0 saturated heterocycles. The minimum atomic E-state index is -3.07. The first kappa shape index (κ1) is 10.7. The van der Waals surface area contributed by atoms with Gasteiger partial charge in [-0.05, 0) is 6.42 Å². The molecule has 0 aliphatic carbocycles. The number of hydrogen-bond donors (Lipinski definition) is 1. The van der Waals surface area contributed by atoms with Crippen LogP contribution >= 0.6 is 8.25 Å². The van der Waals surface area contributed by atoms with Crippen LogP contribution in [0.4, 0.5) is 0 Å². The second kappa shape index (κ2) is 6.38. The van der Waals surface area contributed by atoms with Gasteiger partial charge in [0.15, 0.2) is 0 Å². The summed E-state index contributed by atoms with van der Waals surface area (Å²) in [5.74, 6) is -0.579. The van der Waals surface area contributed by atoms with Crippen LogP contribution in [0.1, 0.15) is 32.6 Å². The Morgan fingerprint density at radius 3 is 2.64 bits per heavy atom. The second-order valence-electron chi connectivity index (χ2n) is 2.20. The van der Waals surface area contributed by atoms with Gasteiger partial charge in [0, 0.05) is 6.42 Å². The van der Waals surface area contributed by atoms with Crippen LogP contribution < -0.4 is 0 Å². The van der Waals surface area contributed by atoms with E-state index in [2.05, 4.69) is 4.52 Å². The molecule has 0 aromatic carbocycles. The Kier molecular flexibility index (Phi) is 6.18. The summed E-state index contributed by atoms with van der Waals surface area (Å²) in [7, 11) is -3.07. The van der Waals surface area contributed by atoms with Gasteiger partial charge in [0.05, 0.1) is 0 Å². The topological polar surface area (TPSA) is 63.6 Å². The van der Waals surface area contributed by atoms with Crippen molar-refractivity contribution in [1.82, 2.24) is 0 Å². The van der Waals surface area contributed by atoms with Gasteiger partial charge in [-0.15, -0.1) is 0 Å². The van der Waals surface area contributed by atoms with Crippen molar-refractivity contribution in [3.63, 3.8) is 0 Å². The predicted molar refractivity (Wildman–Crippen MR) is 41.5 cm³/mol. The van der Waals surface area contributed by atoms with Crippen molar-refractivity contribution in [2.45, 2.75) is 32.6 Å². The lowest BCUT2D eigenvalue weighted by atomic mass is 10.2. The van der Waals surface area contributed by atoms with E-state index in [4.69, 9.17) is 4.89 Å². The monoisotopic (exact) mass is 180 g/mol. The maximum atomic E-state index is 10.6. The lowest BCUT2D eigenvalue weighted by Crippen LogP contribution is -1.97. The average Bonchev–Trinajstić information content (AvgIpc) is 1.86. The molecule has 0 amide bonds. The number of unbranched alkanes of at least 4 members (excludes halogenated alkanes) is 2. The van der Waals surface area contributed by atoms with Crippen LogP contribution in [0.15, 0.2) is 0 Å². The fraction of sp³-hybridized carbons (Fsp3) is 0.833. The SMILES string of the molecule is CCCCCC(=O)O[PH](=O)O. The Morgan fingerprint density at radius 2 is 2.18 bits per heavy atom. The molecule has 0 bridgehead atoms. The normalized spacial score (nSPS) is 12.5. The van der Waals surface area contributed by atoms with Crippen LogP contribution in [0, 0.1) is 0 Å². The van der Waals surface area contributed by atoms with E-state index in [9.17, 15) is 9.36 Å². The standard InChI is InChI=1S/C6H13O4P/c1-2-3-4-5-6(7)10-11(8)9/h11H,2-5H2,1H3,(H,8,9). The number of rotatable bonds is 5. The lowest BCUT2D eigenvalue weighted by molar-refractivity contribution is -0.134. The summed E-state index contributed by atoms with van der Waals surface area (Å²) in [5.41, 5.74) is 0. The van der Waals surface area contributed by atoms with Gasteiger partial charge in [0.1, 0.15) is 0 Å². The van der Waals surface area contributed by atoms with Crippen LogP contribution in [0.3, 0.4) is 0 Å². The first-order chi connectivity index (χ1) is 5.16. The quantitative estimate of drug-likeness (QED) is 0.514. The predicted octanol–water partition coefficient (Wildman–Crippen LogP) is 1.49. The molecule has 0 rings (SSSR count). The zero-order valence-corrected chi connectivity index (χ0v) is 7.50. The summed E-state index contributed by atoms with van der Waals surface area (Å²) in [4.78, 5) is 18.8. The highest BCUT2D eigenvalue weighted by atomic mass is 31.1. The van der Waals surface area contributed by atoms with Crippen molar-refractivity contribution in [2.24, 2.45) is 0 Å². The Bertz CT molecular complexity index is 146. The molecule has 1 unspecified atom stereocenters. The summed E-state index contributed by atoms with van der Waals surface area (Å²) in [6.07, 6.45) is 2.93. The first-order valence-corrected chi connectivity index (χ1v) is 4.86. The minimum Gasteiger partial charge on any atom is -0.394 e. The zero-order valence-electron chi connectivity index (χ0n) is 6.50. The van der Waals surface area contributed by atoms with E-state index in [1.807, 2.05) is 6.92 Å². The van der Waals surface area contributed by atoms with Crippen LogP contribution in [-0.2, 0) is 13.9 Å². The van der Waals surface area contributed by atoms with E-state index in [1.54, 1.807) is 0 Å². The molecule has 4 nitrogen and oxygen atoms in total. The molecule has 0 fully saturated rings. The molecule has 0 aromatic rings. The molecular weight excluding hydrogens is 167 g/mol. The zero-order chi connectivity index (χ0) is 8.69. The summed E-state index contributed by atoms with van der Waals surface area (Å²) in [6, 6.07) is 0. The average molecular weight is 180 g/mol. The van der Waals surface area contributed by atoms with Crippen molar-refractivity contribution < 1.29 is 18.8 Å². The molecule has 0 radical (unpaired) electrons. The number of hydrogen-bond acceptors (Lipinski definition) is 3. The molecule has 66 valence electrons. The molecule has 0 heterocycles. The van der Waals surface area contributed by atoms with Gasteiger partial charge in [-0.1, -0.05) is 19.8 Å². The Balaban J connectivity index is 3.30. The molecule has 0 saturated carbocycles. The third-order valence-corrected chi connectivity index (χ3v) is 1.59. The molecule has 11 heavy (non-hydrogen) atoms. The van der Waals surface area contributed by atoms with Crippen molar-refractivity contribution >= 4 is 14.2 Å². The fourth-order valence-corrected chi connectivity index (χ4v) is 0.965. The smallest absolute Gasteiger partial charge is 0.367 e. The largest absolute Gasteiger partial charge is 0.394 e. The highest BCUT2D eigenvalue weighted by molar-refractivity contribution is 7.32. The van der Waals surface area contributed by atoms with Crippen LogP contribution in [0.5, 0.6) is 0 Å².